The largest absolute Gasteiger partial charge is 0.342 e. The summed E-state index contributed by atoms with van der Waals surface area (Å²) in [7, 11) is 0. The molecule has 15 heavy (non-hydrogen) atoms. The summed E-state index contributed by atoms with van der Waals surface area (Å²) in [5.74, 6) is 2.10. The lowest BCUT2D eigenvalue weighted by atomic mass is 9.64. The third-order valence-corrected chi connectivity index (χ3v) is 3.50. The van der Waals surface area contributed by atoms with E-state index in [4.69, 9.17) is 0 Å². The van der Waals surface area contributed by atoms with E-state index < -0.39 is 0 Å². The Kier molecular flexibility index (Phi) is 2.44. The molecule has 4 heteroatoms. The molecular weight excluding hydrogens is 190 g/mol. The van der Waals surface area contributed by atoms with Crippen molar-refractivity contribution in [2.75, 3.05) is 6.54 Å². The fourth-order valence-electron chi connectivity index (χ4n) is 2.37. The van der Waals surface area contributed by atoms with Crippen LogP contribution in [0.3, 0.4) is 0 Å². The number of hydrogen-bond acceptors (Lipinski definition) is 2. The summed E-state index contributed by atoms with van der Waals surface area (Å²) >= 11 is 0. The quantitative estimate of drug-likeness (QED) is 0.709. The number of carbonyl (C=O) groups is 1. The predicted molar refractivity (Wildman–Crippen MR) is 59.5 cm³/mol. The van der Waals surface area contributed by atoms with Crippen LogP contribution in [-0.2, 0) is 4.79 Å². The third-order valence-electron chi connectivity index (χ3n) is 3.50. The van der Waals surface area contributed by atoms with Gasteiger partial charge in [0.05, 0.1) is 0 Å². The number of rotatable bonds is 2. The van der Waals surface area contributed by atoms with Gasteiger partial charge in [-0.25, -0.2) is 0 Å². The molecule has 0 bridgehead atoms. The highest BCUT2D eigenvalue weighted by molar-refractivity contribution is 6.09. The monoisotopic (exact) mass is 209 g/mol. The highest BCUT2D eigenvalue weighted by Gasteiger charge is 2.54. The van der Waals surface area contributed by atoms with Gasteiger partial charge < -0.3 is 5.32 Å². The Morgan fingerprint density at radius 1 is 1.53 bits per heavy atom. The fraction of sp³-hybridized carbons (Fsp3) is 0.818. The lowest BCUT2D eigenvalue weighted by molar-refractivity contribution is -0.129. The normalized spacial score (nSPS) is 36.9. The predicted octanol–water partition coefficient (Wildman–Crippen LogP) is 0.886. The first kappa shape index (κ1) is 10.5. The molecule has 0 atom stereocenters. The Morgan fingerprint density at radius 2 is 2.20 bits per heavy atom. The minimum atomic E-state index is -0.330. The molecule has 2 aliphatic rings. The van der Waals surface area contributed by atoms with Gasteiger partial charge in [-0.15, -0.1) is 0 Å². The van der Waals surface area contributed by atoms with Crippen LogP contribution in [0, 0.1) is 11.8 Å². The zero-order valence-electron chi connectivity index (χ0n) is 9.63. The van der Waals surface area contributed by atoms with E-state index in [0.717, 1.165) is 12.8 Å². The van der Waals surface area contributed by atoms with Gasteiger partial charge in [-0.05, 0) is 31.6 Å². The van der Waals surface area contributed by atoms with Gasteiger partial charge in [-0.1, -0.05) is 13.8 Å². The molecule has 1 spiro atoms. The summed E-state index contributed by atoms with van der Waals surface area (Å²) in [6, 6.07) is 0. The van der Waals surface area contributed by atoms with E-state index in [0.29, 0.717) is 24.3 Å². The van der Waals surface area contributed by atoms with Gasteiger partial charge in [-0.3, -0.25) is 15.1 Å². The van der Waals surface area contributed by atoms with Crippen molar-refractivity contribution in [3.05, 3.63) is 0 Å². The molecule has 1 aliphatic heterocycles. The zero-order chi connectivity index (χ0) is 11.1. The fourth-order valence-corrected chi connectivity index (χ4v) is 2.37. The van der Waals surface area contributed by atoms with Crippen LogP contribution in [0.5, 0.6) is 0 Å². The van der Waals surface area contributed by atoms with Gasteiger partial charge in [0, 0.05) is 6.54 Å². The van der Waals surface area contributed by atoms with Crippen molar-refractivity contribution < 1.29 is 4.79 Å². The molecule has 0 aromatic heterocycles. The molecular formula is C11H19N3O. The number of aliphatic imine (C=N–C) groups is 1. The van der Waals surface area contributed by atoms with Gasteiger partial charge >= 0.3 is 0 Å². The van der Waals surface area contributed by atoms with Gasteiger partial charge in [0.15, 0.2) is 5.96 Å². The van der Waals surface area contributed by atoms with Crippen molar-refractivity contribution in [3.8, 4) is 0 Å². The number of hydrogen-bond donors (Lipinski definition) is 2. The topological polar surface area (TPSA) is 53.5 Å². The Labute approximate surface area is 90.5 Å². The number of carbonyl (C=O) groups excluding carboxylic acids is 1. The first-order valence-corrected chi connectivity index (χ1v) is 5.71. The van der Waals surface area contributed by atoms with Crippen LogP contribution in [0.4, 0.5) is 0 Å². The molecule has 1 saturated carbocycles. The minimum absolute atomic E-state index is 0.103. The van der Waals surface area contributed by atoms with E-state index in [-0.39, 0.29) is 11.4 Å². The third kappa shape index (κ3) is 1.62. The summed E-state index contributed by atoms with van der Waals surface area (Å²) < 4.78 is 0. The van der Waals surface area contributed by atoms with Crippen molar-refractivity contribution in [3.63, 3.8) is 0 Å². The Hall–Kier alpha value is -1.06. The van der Waals surface area contributed by atoms with Crippen LogP contribution >= 0.6 is 0 Å². The molecule has 0 aromatic carbocycles. The molecule has 0 unspecified atom stereocenters. The minimum Gasteiger partial charge on any atom is -0.342 e. The number of guanidine groups is 1. The maximum Gasteiger partial charge on any atom is 0.252 e. The summed E-state index contributed by atoms with van der Waals surface area (Å²) in [6.45, 7) is 7.09. The number of nitrogens with one attached hydrogen (secondary N) is 2. The molecule has 0 radical (unpaired) electrons. The van der Waals surface area contributed by atoms with Crippen molar-refractivity contribution >= 4 is 11.9 Å². The first-order valence-electron chi connectivity index (χ1n) is 5.71. The van der Waals surface area contributed by atoms with E-state index in [9.17, 15) is 4.79 Å². The standard InChI is InChI=1S/C11H19N3O/c1-4-12-10-13-9(15)11(14-10)5-8(6-11)7(2)3/h7-8H,4-6H2,1-3H3,(H2,12,13,14,15). The average Bonchev–Trinajstić information content (AvgIpc) is 2.40. The second kappa shape index (κ2) is 3.51. The molecule has 1 aliphatic carbocycles. The van der Waals surface area contributed by atoms with Crippen LogP contribution in [0.25, 0.3) is 0 Å². The van der Waals surface area contributed by atoms with Crippen LogP contribution in [0.1, 0.15) is 33.6 Å². The molecule has 1 heterocycles. The molecule has 2 rings (SSSR count). The van der Waals surface area contributed by atoms with E-state index in [2.05, 4.69) is 29.5 Å². The second-order valence-corrected chi connectivity index (χ2v) is 4.90. The van der Waals surface area contributed by atoms with Gasteiger partial charge in [0.25, 0.3) is 5.91 Å². The number of amides is 1. The molecule has 84 valence electrons. The maximum atomic E-state index is 11.8. The average molecular weight is 209 g/mol. The van der Waals surface area contributed by atoms with Crippen molar-refractivity contribution in [1.29, 1.82) is 0 Å². The highest BCUT2D eigenvalue weighted by atomic mass is 16.2. The summed E-state index contributed by atoms with van der Waals surface area (Å²) in [5, 5.41) is 6.04. The molecule has 0 aromatic rings. The van der Waals surface area contributed by atoms with E-state index in [1.807, 2.05) is 6.92 Å². The van der Waals surface area contributed by atoms with Crippen molar-refractivity contribution in [1.82, 2.24) is 10.6 Å². The lowest BCUT2D eigenvalue weighted by Crippen LogP contribution is -2.58. The Balaban J connectivity index is 2.02. The molecule has 2 N–H and O–H groups in total. The van der Waals surface area contributed by atoms with Gasteiger partial charge in [0.1, 0.15) is 5.54 Å². The van der Waals surface area contributed by atoms with E-state index in [1.54, 1.807) is 0 Å². The molecule has 2 fully saturated rings. The van der Waals surface area contributed by atoms with Gasteiger partial charge in [-0.2, -0.15) is 0 Å². The smallest absolute Gasteiger partial charge is 0.252 e. The lowest BCUT2D eigenvalue weighted by Gasteiger charge is -2.44. The number of nitrogens with zero attached hydrogens (tertiary/aromatic N) is 1. The Morgan fingerprint density at radius 3 is 2.73 bits per heavy atom. The van der Waals surface area contributed by atoms with Crippen LogP contribution in [0.15, 0.2) is 4.99 Å². The molecule has 4 nitrogen and oxygen atoms in total. The highest BCUT2D eigenvalue weighted by Crippen LogP contribution is 2.43. The van der Waals surface area contributed by atoms with Crippen molar-refractivity contribution in [2.24, 2.45) is 16.8 Å². The first-order chi connectivity index (χ1) is 7.07. The van der Waals surface area contributed by atoms with Gasteiger partial charge in [0.2, 0.25) is 0 Å². The van der Waals surface area contributed by atoms with Crippen LogP contribution < -0.4 is 10.6 Å². The summed E-state index contributed by atoms with van der Waals surface area (Å²) in [5.41, 5.74) is -0.330. The zero-order valence-corrected chi connectivity index (χ0v) is 9.63. The molecule has 1 amide bonds. The molecule has 1 saturated heterocycles. The van der Waals surface area contributed by atoms with Crippen LogP contribution in [0.2, 0.25) is 0 Å². The van der Waals surface area contributed by atoms with Crippen LogP contribution in [-0.4, -0.2) is 24.0 Å². The van der Waals surface area contributed by atoms with Crippen molar-refractivity contribution in [2.45, 2.75) is 39.2 Å². The maximum absolute atomic E-state index is 11.8. The van der Waals surface area contributed by atoms with E-state index >= 15 is 0 Å². The van der Waals surface area contributed by atoms with E-state index in [1.165, 1.54) is 0 Å². The SMILES string of the molecule is CCN=C1NC(=O)C2(CC(C(C)C)C2)N1. The second-order valence-electron chi connectivity index (χ2n) is 4.90. The Bertz CT molecular complexity index is 303. The summed E-state index contributed by atoms with van der Waals surface area (Å²) in [4.78, 5) is 16.0. The summed E-state index contributed by atoms with van der Waals surface area (Å²) in [6.07, 6.45) is 1.89.